The second-order valence-corrected chi connectivity index (χ2v) is 13.6. The minimum atomic E-state index is -1.27. The summed E-state index contributed by atoms with van der Waals surface area (Å²) in [7, 11) is -0.450. The summed E-state index contributed by atoms with van der Waals surface area (Å²) in [5, 5.41) is 19.5. The van der Waals surface area contributed by atoms with Crippen molar-refractivity contribution < 1.29 is 24.3 Å². The smallest absolute Gasteiger partial charge is 0.178 e. The SMILES string of the molecule is CCCCCCCCC=CCCCCCCCC(=O)POC(C(=O)CCCCCCCCCCCCCCC)C(O)CO. The maximum Gasteiger partial charge on any atom is 0.178 e. The van der Waals surface area contributed by atoms with Crippen LogP contribution in [0.25, 0.3) is 0 Å². The molecule has 3 unspecified atom stereocenters. The Morgan fingerprint density at radius 2 is 0.953 bits per heavy atom. The molecule has 0 saturated carbocycles. The summed E-state index contributed by atoms with van der Waals surface area (Å²) in [5.74, 6) is -0.203. The Morgan fingerprint density at radius 1 is 0.581 bits per heavy atom. The van der Waals surface area contributed by atoms with Crippen LogP contribution in [-0.2, 0) is 14.1 Å². The number of Topliss-reactive ketones (excluding diaryl/α,β-unsaturated/α-hetero) is 1. The van der Waals surface area contributed by atoms with Crippen LogP contribution < -0.4 is 0 Å². The number of unbranched alkanes of at least 4 members (excludes halogenated alkanes) is 23. The first kappa shape index (κ1) is 42.4. The number of carbonyl (C=O) groups is 2. The normalized spacial score (nSPS) is 13.4. The van der Waals surface area contributed by atoms with Crippen molar-refractivity contribution in [2.75, 3.05) is 6.61 Å². The lowest BCUT2D eigenvalue weighted by atomic mass is 10.0. The topological polar surface area (TPSA) is 83.8 Å². The van der Waals surface area contributed by atoms with E-state index in [2.05, 4.69) is 26.0 Å². The van der Waals surface area contributed by atoms with Gasteiger partial charge in [0.05, 0.1) is 15.4 Å². The first-order valence-electron chi connectivity index (χ1n) is 18.5. The zero-order chi connectivity index (χ0) is 31.6. The van der Waals surface area contributed by atoms with Gasteiger partial charge >= 0.3 is 0 Å². The van der Waals surface area contributed by atoms with E-state index >= 15 is 0 Å². The molecule has 0 amide bonds. The van der Waals surface area contributed by atoms with Gasteiger partial charge in [0.2, 0.25) is 0 Å². The highest BCUT2D eigenvalue weighted by Gasteiger charge is 2.27. The summed E-state index contributed by atoms with van der Waals surface area (Å²) < 4.78 is 5.57. The van der Waals surface area contributed by atoms with Crippen LogP contribution in [0, 0.1) is 0 Å². The number of aliphatic hydroxyl groups is 2. The van der Waals surface area contributed by atoms with E-state index in [1.54, 1.807) is 0 Å². The van der Waals surface area contributed by atoms with Gasteiger partial charge in [0.1, 0.15) is 12.2 Å². The van der Waals surface area contributed by atoms with Gasteiger partial charge in [-0.2, -0.15) is 0 Å². The van der Waals surface area contributed by atoms with Crippen molar-refractivity contribution in [1.82, 2.24) is 0 Å². The maximum atomic E-state index is 12.7. The fourth-order valence-electron chi connectivity index (χ4n) is 5.45. The molecule has 0 radical (unpaired) electrons. The maximum absolute atomic E-state index is 12.7. The summed E-state index contributed by atoms with van der Waals surface area (Å²) in [6.45, 7) is 3.97. The van der Waals surface area contributed by atoms with Gasteiger partial charge in [-0.25, -0.2) is 0 Å². The van der Waals surface area contributed by atoms with Crippen molar-refractivity contribution in [3.8, 4) is 0 Å². The van der Waals surface area contributed by atoms with E-state index < -0.39 is 27.6 Å². The van der Waals surface area contributed by atoms with E-state index in [1.807, 2.05) is 0 Å². The summed E-state index contributed by atoms with van der Waals surface area (Å²) in [5.41, 5.74) is -0.0125. The molecule has 0 aromatic carbocycles. The molecule has 6 heteroatoms. The molecule has 0 aliphatic rings. The largest absolute Gasteiger partial charge is 0.394 e. The number of hydrogen-bond acceptors (Lipinski definition) is 5. The third kappa shape index (κ3) is 29.8. The van der Waals surface area contributed by atoms with E-state index in [1.165, 1.54) is 122 Å². The summed E-state index contributed by atoms with van der Waals surface area (Å²) in [4.78, 5) is 25.0. The third-order valence-corrected chi connectivity index (χ3v) is 9.20. The lowest BCUT2D eigenvalue weighted by molar-refractivity contribution is -0.131. The zero-order valence-corrected chi connectivity index (χ0v) is 29.4. The fourth-order valence-corrected chi connectivity index (χ4v) is 6.28. The van der Waals surface area contributed by atoms with Crippen LogP contribution >= 0.6 is 8.81 Å². The Hall–Kier alpha value is -0.610. The summed E-state index contributed by atoms with van der Waals surface area (Å²) in [6.07, 6.45) is 35.0. The molecule has 0 heterocycles. The van der Waals surface area contributed by atoms with Crippen LogP contribution in [-0.4, -0.2) is 40.3 Å². The minimum Gasteiger partial charge on any atom is -0.394 e. The molecule has 0 spiro atoms. The molecule has 0 saturated heterocycles. The highest BCUT2D eigenvalue weighted by Crippen LogP contribution is 2.24. The van der Waals surface area contributed by atoms with Crippen molar-refractivity contribution in [3.63, 3.8) is 0 Å². The van der Waals surface area contributed by atoms with Gasteiger partial charge in [0.15, 0.2) is 11.3 Å². The number of ketones is 1. The van der Waals surface area contributed by atoms with E-state index in [0.29, 0.717) is 12.8 Å². The monoisotopic (exact) mass is 627 g/mol. The highest BCUT2D eigenvalue weighted by molar-refractivity contribution is 7.53. The van der Waals surface area contributed by atoms with Gasteiger partial charge in [-0.05, 0) is 38.5 Å². The van der Waals surface area contributed by atoms with Crippen molar-refractivity contribution in [1.29, 1.82) is 0 Å². The molecule has 43 heavy (non-hydrogen) atoms. The molecule has 254 valence electrons. The first-order chi connectivity index (χ1) is 21.1. The molecular formula is C37H71O5P. The molecular weight excluding hydrogens is 555 g/mol. The highest BCUT2D eigenvalue weighted by atomic mass is 31.1. The molecule has 0 fully saturated rings. The molecule has 3 atom stereocenters. The number of allylic oxidation sites excluding steroid dienone is 2. The number of carbonyl (C=O) groups excluding carboxylic acids is 2. The quantitative estimate of drug-likeness (QED) is 0.0415. The number of aliphatic hydroxyl groups excluding tert-OH is 2. The van der Waals surface area contributed by atoms with Crippen LogP contribution in [0.3, 0.4) is 0 Å². The first-order valence-corrected chi connectivity index (χ1v) is 19.4. The molecule has 0 bridgehead atoms. The third-order valence-electron chi connectivity index (χ3n) is 8.35. The Labute approximate surface area is 268 Å². The predicted molar refractivity (Wildman–Crippen MR) is 186 cm³/mol. The van der Waals surface area contributed by atoms with Crippen LogP contribution in [0.2, 0.25) is 0 Å². The predicted octanol–water partition coefficient (Wildman–Crippen LogP) is 10.9. The van der Waals surface area contributed by atoms with Crippen molar-refractivity contribution in [2.45, 2.75) is 206 Å². The Balaban J connectivity index is 3.80. The van der Waals surface area contributed by atoms with Crippen molar-refractivity contribution >= 4 is 20.1 Å². The molecule has 0 aliphatic carbocycles. The van der Waals surface area contributed by atoms with Gasteiger partial charge in [-0.3, -0.25) is 9.59 Å². The minimum absolute atomic E-state index is 0.0125. The lowest BCUT2D eigenvalue weighted by Gasteiger charge is -2.20. The van der Waals surface area contributed by atoms with Gasteiger partial charge in [0.25, 0.3) is 0 Å². The van der Waals surface area contributed by atoms with Gasteiger partial charge in [-0.15, -0.1) is 0 Å². The van der Waals surface area contributed by atoms with Crippen LogP contribution in [0.1, 0.15) is 194 Å². The van der Waals surface area contributed by atoms with E-state index in [4.69, 9.17) is 4.52 Å². The van der Waals surface area contributed by atoms with Crippen LogP contribution in [0.5, 0.6) is 0 Å². The Bertz CT molecular complexity index is 638. The van der Waals surface area contributed by atoms with E-state index in [9.17, 15) is 19.8 Å². The lowest BCUT2D eigenvalue weighted by Crippen LogP contribution is -2.37. The van der Waals surface area contributed by atoms with Crippen LogP contribution in [0.15, 0.2) is 12.2 Å². The summed E-state index contributed by atoms with van der Waals surface area (Å²) >= 11 is 0. The summed E-state index contributed by atoms with van der Waals surface area (Å²) in [6, 6.07) is 0. The molecule has 5 nitrogen and oxygen atoms in total. The van der Waals surface area contributed by atoms with Crippen molar-refractivity contribution in [2.24, 2.45) is 0 Å². The molecule has 0 rings (SSSR count). The van der Waals surface area contributed by atoms with Gasteiger partial charge in [0, 0.05) is 12.8 Å². The average Bonchev–Trinajstić information content (AvgIpc) is 3.01. The second kappa shape index (κ2) is 34.3. The number of hydrogen-bond donors (Lipinski definition) is 2. The zero-order valence-electron chi connectivity index (χ0n) is 28.4. The Kier molecular flexibility index (Phi) is 33.8. The average molecular weight is 627 g/mol. The standard InChI is InChI=1S/C37H71O5P/c1-3-5-7-9-11-13-15-17-18-20-22-24-26-28-30-32-36(41)43-42-37(35(40)33-38)34(39)31-29-27-25-23-21-19-16-14-12-10-8-6-4-2/h17-18,35,37-38,40,43H,3-16,19-33H2,1-2H3. The van der Waals surface area contributed by atoms with E-state index in [-0.39, 0.29) is 11.3 Å². The molecule has 0 aliphatic heterocycles. The van der Waals surface area contributed by atoms with Crippen molar-refractivity contribution in [3.05, 3.63) is 12.2 Å². The molecule has 0 aromatic heterocycles. The van der Waals surface area contributed by atoms with Crippen LogP contribution in [0.4, 0.5) is 0 Å². The van der Waals surface area contributed by atoms with E-state index in [0.717, 1.165) is 44.9 Å². The molecule has 2 N–H and O–H groups in total. The fraction of sp³-hybridized carbons (Fsp3) is 0.892. The Morgan fingerprint density at radius 3 is 1.37 bits per heavy atom. The van der Waals surface area contributed by atoms with Gasteiger partial charge < -0.3 is 14.7 Å². The number of rotatable bonds is 35. The van der Waals surface area contributed by atoms with Gasteiger partial charge in [-0.1, -0.05) is 154 Å². The molecule has 0 aromatic rings. The second-order valence-electron chi connectivity index (χ2n) is 12.6.